The molecule has 0 saturated heterocycles. The second kappa shape index (κ2) is 6.27. The lowest BCUT2D eigenvalue weighted by Crippen LogP contribution is -2.37. The molecule has 2 nitrogen and oxygen atoms in total. The van der Waals surface area contributed by atoms with Crippen LogP contribution in [0.5, 0.6) is 0 Å². The maximum Gasteiger partial charge on any atom is 0.0943 e. The number of allylic oxidation sites excluding steroid dienone is 4. The summed E-state index contributed by atoms with van der Waals surface area (Å²) in [5, 5.41) is 3.36. The molecule has 3 atom stereocenters. The third-order valence-corrected chi connectivity index (χ3v) is 5.06. The fraction of sp³-hybridized carbons (Fsp3) is 0.318. The van der Waals surface area contributed by atoms with Gasteiger partial charge in [-0.2, -0.15) is 0 Å². The van der Waals surface area contributed by atoms with Crippen LogP contribution in [0.25, 0.3) is 0 Å². The summed E-state index contributed by atoms with van der Waals surface area (Å²) in [4.78, 5) is 5.02. The van der Waals surface area contributed by atoms with Gasteiger partial charge in [0.05, 0.1) is 12.1 Å². The smallest absolute Gasteiger partial charge is 0.0943 e. The Bertz CT molecular complexity index is 762. The summed E-state index contributed by atoms with van der Waals surface area (Å²) in [5.41, 5.74) is 5.17. The number of benzene rings is 1. The number of rotatable bonds is 4. The van der Waals surface area contributed by atoms with Gasteiger partial charge in [0.25, 0.3) is 0 Å². The van der Waals surface area contributed by atoms with Crippen molar-refractivity contribution in [2.75, 3.05) is 0 Å². The Kier molecular flexibility index (Phi) is 3.97. The van der Waals surface area contributed by atoms with E-state index in [1.165, 1.54) is 22.4 Å². The maximum absolute atomic E-state index is 5.02. The molecule has 2 heteroatoms. The molecule has 0 fully saturated rings. The lowest BCUT2D eigenvalue weighted by atomic mass is 9.84. The van der Waals surface area contributed by atoms with Crippen LogP contribution >= 0.6 is 0 Å². The number of hydrogen-bond donors (Lipinski definition) is 1. The van der Waals surface area contributed by atoms with Gasteiger partial charge in [0.1, 0.15) is 0 Å². The van der Waals surface area contributed by atoms with E-state index >= 15 is 0 Å². The highest BCUT2D eigenvalue weighted by Gasteiger charge is 2.27. The van der Waals surface area contributed by atoms with Gasteiger partial charge in [0.2, 0.25) is 0 Å². The summed E-state index contributed by atoms with van der Waals surface area (Å²) < 4.78 is 0. The van der Waals surface area contributed by atoms with E-state index < -0.39 is 0 Å². The predicted molar refractivity (Wildman–Crippen MR) is 101 cm³/mol. The van der Waals surface area contributed by atoms with Crippen molar-refractivity contribution in [3.63, 3.8) is 0 Å². The lowest BCUT2D eigenvalue weighted by molar-refractivity contribution is 0.488. The molecule has 0 amide bonds. The molecular weight excluding hydrogens is 292 g/mol. The highest BCUT2D eigenvalue weighted by molar-refractivity contribution is 6.07. The molecule has 1 N–H and O–H groups in total. The molecule has 122 valence electrons. The third kappa shape index (κ3) is 2.77. The van der Waals surface area contributed by atoms with Crippen molar-refractivity contribution >= 4 is 5.71 Å². The normalized spacial score (nSPS) is 28.1. The first-order valence-corrected chi connectivity index (χ1v) is 8.88. The van der Waals surface area contributed by atoms with Crippen molar-refractivity contribution in [2.24, 2.45) is 16.8 Å². The van der Waals surface area contributed by atoms with Crippen LogP contribution in [0.3, 0.4) is 0 Å². The van der Waals surface area contributed by atoms with Gasteiger partial charge in [-0.1, -0.05) is 62.4 Å². The van der Waals surface area contributed by atoms with E-state index in [9.17, 15) is 0 Å². The molecule has 3 aliphatic rings. The lowest BCUT2D eigenvalue weighted by Gasteiger charge is -2.29. The topological polar surface area (TPSA) is 24.4 Å². The van der Waals surface area contributed by atoms with E-state index in [1.807, 2.05) is 6.20 Å². The zero-order chi connectivity index (χ0) is 16.5. The maximum atomic E-state index is 5.02. The zero-order valence-electron chi connectivity index (χ0n) is 14.3. The number of nitrogens with zero attached hydrogens (tertiary/aromatic N) is 1. The Balaban J connectivity index is 1.59. The molecule has 2 aliphatic heterocycles. The summed E-state index contributed by atoms with van der Waals surface area (Å²) in [7, 11) is 0. The van der Waals surface area contributed by atoms with Crippen LogP contribution in [0.2, 0.25) is 0 Å². The molecule has 0 saturated carbocycles. The average Bonchev–Trinajstić information content (AvgIpc) is 3.00. The quantitative estimate of drug-likeness (QED) is 0.851. The van der Waals surface area contributed by atoms with Gasteiger partial charge < -0.3 is 5.32 Å². The van der Waals surface area contributed by atoms with Crippen molar-refractivity contribution in [3.8, 4) is 0 Å². The minimum atomic E-state index is 0.154. The minimum Gasteiger partial charge on any atom is -0.384 e. The van der Waals surface area contributed by atoms with Crippen LogP contribution in [0.1, 0.15) is 31.9 Å². The van der Waals surface area contributed by atoms with Gasteiger partial charge in [0.15, 0.2) is 0 Å². The van der Waals surface area contributed by atoms with Crippen molar-refractivity contribution in [3.05, 3.63) is 83.6 Å². The monoisotopic (exact) mass is 316 g/mol. The molecule has 0 radical (unpaired) electrons. The standard InChI is InChI=1S/C22H24N2/c1-15(2)22-19(14-21(24-22)17-6-4-3-5-7-17)16-8-10-18(11-9-16)20-12-13-23-20/h3-10,12-15,18,20-21,23H,11H2,1-2H3. The van der Waals surface area contributed by atoms with E-state index in [-0.39, 0.29) is 6.04 Å². The molecule has 3 unspecified atom stereocenters. The van der Waals surface area contributed by atoms with Crippen LogP contribution in [0, 0.1) is 11.8 Å². The van der Waals surface area contributed by atoms with Crippen molar-refractivity contribution in [1.82, 2.24) is 5.32 Å². The Morgan fingerprint density at radius 2 is 1.92 bits per heavy atom. The zero-order valence-corrected chi connectivity index (χ0v) is 14.3. The van der Waals surface area contributed by atoms with Gasteiger partial charge >= 0.3 is 0 Å². The molecule has 1 aliphatic carbocycles. The van der Waals surface area contributed by atoms with E-state index in [0.29, 0.717) is 17.9 Å². The van der Waals surface area contributed by atoms with Crippen LogP contribution in [-0.4, -0.2) is 11.8 Å². The second-order valence-electron chi connectivity index (χ2n) is 7.07. The molecule has 4 rings (SSSR count). The summed E-state index contributed by atoms with van der Waals surface area (Å²) in [6.07, 6.45) is 14.7. The van der Waals surface area contributed by atoms with E-state index in [2.05, 4.69) is 79.9 Å². The predicted octanol–water partition coefficient (Wildman–Crippen LogP) is 4.75. The summed E-state index contributed by atoms with van der Waals surface area (Å²) in [5.74, 6) is 1.01. The molecule has 0 aromatic heterocycles. The minimum absolute atomic E-state index is 0.154. The number of aliphatic imine (C=N–C) groups is 1. The van der Waals surface area contributed by atoms with Crippen LogP contribution in [-0.2, 0) is 0 Å². The van der Waals surface area contributed by atoms with Crippen molar-refractivity contribution in [2.45, 2.75) is 32.4 Å². The van der Waals surface area contributed by atoms with E-state index in [0.717, 1.165) is 6.42 Å². The van der Waals surface area contributed by atoms with Crippen LogP contribution in [0.4, 0.5) is 0 Å². The van der Waals surface area contributed by atoms with Crippen molar-refractivity contribution in [1.29, 1.82) is 0 Å². The molecule has 2 heterocycles. The number of hydrogen-bond acceptors (Lipinski definition) is 2. The Morgan fingerprint density at radius 1 is 1.12 bits per heavy atom. The number of nitrogens with one attached hydrogen (secondary N) is 1. The Labute approximate surface area is 144 Å². The van der Waals surface area contributed by atoms with Gasteiger partial charge in [-0.25, -0.2) is 0 Å². The molecule has 0 spiro atoms. The largest absolute Gasteiger partial charge is 0.384 e. The fourth-order valence-electron chi connectivity index (χ4n) is 3.60. The summed E-state index contributed by atoms with van der Waals surface area (Å²) in [6, 6.07) is 11.2. The second-order valence-corrected chi connectivity index (χ2v) is 7.07. The Hall–Kier alpha value is -2.35. The van der Waals surface area contributed by atoms with E-state index in [1.54, 1.807) is 0 Å². The first-order valence-electron chi connectivity index (χ1n) is 8.88. The SMILES string of the molecule is CC(C)C1=NC(c2ccccc2)C=C1C1=CCC(C2C=CN2)C=C1. The average molecular weight is 316 g/mol. The summed E-state index contributed by atoms with van der Waals surface area (Å²) >= 11 is 0. The molecule has 0 bridgehead atoms. The Morgan fingerprint density at radius 3 is 2.50 bits per heavy atom. The molecule has 1 aromatic rings. The van der Waals surface area contributed by atoms with Gasteiger partial charge in [-0.05, 0) is 41.8 Å². The first-order chi connectivity index (χ1) is 11.7. The van der Waals surface area contributed by atoms with Crippen LogP contribution < -0.4 is 5.32 Å². The highest BCUT2D eigenvalue weighted by atomic mass is 14.9. The first kappa shape index (κ1) is 15.2. The van der Waals surface area contributed by atoms with Gasteiger partial charge in [-0.15, -0.1) is 0 Å². The molecular formula is C22H24N2. The van der Waals surface area contributed by atoms with E-state index in [4.69, 9.17) is 4.99 Å². The van der Waals surface area contributed by atoms with Gasteiger partial charge in [0, 0.05) is 17.2 Å². The molecule has 24 heavy (non-hydrogen) atoms. The third-order valence-electron chi connectivity index (χ3n) is 5.06. The van der Waals surface area contributed by atoms with Crippen LogP contribution in [0.15, 0.2) is 83.1 Å². The van der Waals surface area contributed by atoms with Crippen molar-refractivity contribution < 1.29 is 0 Å². The molecule has 1 aromatic carbocycles. The van der Waals surface area contributed by atoms with Gasteiger partial charge in [-0.3, -0.25) is 4.99 Å². The summed E-state index contributed by atoms with van der Waals surface area (Å²) in [6.45, 7) is 4.47. The highest BCUT2D eigenvalue weighted by Crippen LogP contribution is 2.35. The fourth-order valence-corrected chi connectivity index (χ4v) is 3.60.